The first kappa shape index (κ1) is 22.0. The molecule has 2 N–H and O–H groups in total. The van der Waals surface area contributed by atoms with Crippen molar-refractivity contribution < 1.29 is 18.3 Å². The van der Waals surface area contributed by atoms with E-state index < -0.39 is 27.9 Å². The number of piperazine rings is 1. The van der Waals surface area contributed by atoms with Crippen LogP contribution in [0.5, 0.6) is 0 Å². The predicted octanol–water partition coefficient (Wildman–Crippen LogP) is 2.48. The molecule has 0 aromatic heterocycles. The van der Waals surface area contributed by atoms with Crippen LogP contribution in [0, 0.1) is 11.8 Å². The first-order chi connectivity index (χ1) is 14.3. The fourth-order valence-electron chi connectivity index (χ4n) is 3.15. The molecule has 0 saturated carbocycles. The molecular formula is C21H22ClN3O4S. The lowest BCUT2D eigenvalue weighted by Gasteiger charge is -2.35. The average Bonchev–Trinajstić information content (AvgIpc) is 2.73. The topological polar surface area (TPSA) is 89.9 Å². The van der Waals surface area contributed by atoms with Crippen LogP contribution in [-0.2, 0) is 10.0 Å². The first-order valence-electron chi connectivity index (χ1n) is 9.38. The van der Waals surface area contributed by atoms with E-state index in [1.165, 1.54) is 4.31 Å². The van der Waals surface area contributed by atoms with Crippen molar-refractivity contribution in [2.24, 2.45) is 0 Å². The molecule has 7 nitrogen and oxygen atoms in total. The Labute approximate surface area is 181 Å². The number of hydrogen-bond donors (Lipinski definition) is 2. The Morgan fingerprint density at radius 1 is 1.07 bits per heavy atom. The van der Waals surface area contributed by atoms with Gasteiger partial charge in [-0.3, -0.25) is 0 Å². The summed E-state index contributed by atoms with van der Waals surface area (Å²) in [4.78, 5) is 13.2. The van der Waals surface area contributed by atoms with Gasteiger partial charge < -0.3 is 15.3 Å². The second-order valence-corrected chi connectivity index (χ2v) is 9.23. The lowest BCUT2D eigenvalue weighted by molar-refractivity contribution is 0.193. The smallest absolute Gasteiger partial charge is 0.405 e. The summed E-state index contributed by atoms with van der Waals surface area (Å²) in [5, 5.41) is 11.9. The number of nitrogens with zero attached hydrogens (tertiary/aromatic N) is 2. The van der Waals surface area contributed by atoms with Crippen LogP contribution in [0.15, 0.2) is 54.6 Å². The fourth-order valence-corrected chi connectivity index (χ4v) is 4.80. The van der Waals surface area contributed by atoms with Crippen molar-refractivity contribution in [3.63, 3.8) is 0 Å². The highest BCUT2D eigenvalue weighted by Gasteiger charge is 2.29. The van der Waals surface area contributed by atoms with Crippen molar-refractivity contribution in [2.45, 2.75) is 6.04 Å². The molecule has 2 aromatic carbocycles. The summed E-state index contributed by atoms with van der Waals surface area (Å²) in [6.07, 6.45) is -1.31. The van der Waals surface area contributed by atoms with E-state index in [0.29, 0.717) is 36.8 Å². The standard InChI is InChI=1S/C21H22ClN3O4S/c22-18-7-10-20(11-8-18)24-12-14-25(15-13-24)30(28,29)16-19(23-21(26)27)9-6-17-4-2-1-3-5-17/h1-5,7-8,10-11,19,23H,12-16H2,(H,26,27). The van der Waals surface area contributed by atoms with Gasteiger partial charge in [0.1, 0.15) is 6.04 Å². The van der Waals surface area contributed by atoms with E-state index in [0.717, 1.165) is 5.69 Å². The van der Waals surface area contributed by atoms with E-state index in [1.54, 1.807) is 36.4 Å². The van der Waals surface area contributed by atoms with Crippen molar-refractivity contribution in [3.8, 4) is 11.8 Å². The molecule has 1 saturated heterocycles. The van der Waals surface area contributed by atoms with Crippen LogP contribution in [0.25, 0.3) is 0 Å². The summed E-state index contributed by atoms with van der Waals surface area (Å²) in [7, 11) is -3.69. The van der Waals surface area contributed by atoms with Gasteiger partial charge in [-0.25, -0.2) is 13.2 Å². The van der Waals surface area contributed by atoms with Gasteiger partial charge in [0.2, 0.25) is 10.0 Å². The predicted molar refractivity (Wildman–Crippen MR) is 117 cm³/mol. The summed E-state index contributed by atoms with van der Waals surface area (Å²) < 4.78 is 27.1. The minimum atomic E-state index is -3.69. The summed E-state index contributed by atoms with van der Waals surface area (Å²) in [6, 6.07) is 15.4. The highest BCUT2D eigenvalue weighted by atomic mass is 35.5. The molecule has 0 bridgehead atoms. The number of carboxylic acid groups (broad SMARTS) is 1. The highest BCUT2D eigenvalue weighted by Crippen LogP contribution is 2.20. The normalized spacial score (nSPS) is 15.7. The quantitative estimate of drug-likeness (QED) is 0.687. The zero-order valence-corrected chi connectivity index (χ0v) is 17.7. The Hall–Kier alpha value is -2.73. The number of anilines is 1. The van der Waals surface area contributed by atoms with E-state index in [2.05, 4.69) is 22.1 Å². The lowest BCUT2D eigenvalue weighted by atomic mass is 10.2. The van der Waals surface area contributed by atoms with Gasteiger partial charge in [0.15, 0.2) is 0 Å². The number of sulfonamides is 1. The molecule has 158 valence electrons. The molecule has 1 heterocycles. The molecule has 30 heavy (non-hydrogen) atoms. The molecule has 1 aliphatic heterocycles. The third-order valence-electron chi connectivity index (χ3n) is 4.66. The van der Waals surface area contributed by atoms with Gasteiger partial charge in [0.25, 0.3) is 0 Å². The molecule has 0 aliphatic carbocycles. The Bertz CT molecular complexity index is 1030. The molecule has 0 radical (unpaired) electrons. The summed E-state index contributed by atoms with van der Waals surface area (Å²) >= 11 is 5.92. The van der Waals surface area contributed by atoms with Crippen molar-refractivity contribution >= 4 is 33.4 Å². The Morgan fingerprint density at radius 2 is 1.70 bits per heavy atom. The van der Waals surface area contributed by atoms with Crippen LogP contribution in [0.1, 0.15) is 5.56 Å². The Balaban J connectivity index is 1.65. The number of nitrogens with one attached hydrogen (secondary N) is 1. The van der Waals surface area contributed by atoms with Crippen molar-refractivity contribution in [2.75, 3.05) is 36.8 Å². The first-order valence-corrected chi connectivity index (χ1v) is 11.4. The molecule has 9 heteroatoms. The maximum atomic E-state index is 12.9. The second-order valence-electron chi connectivity index (χ2n) is 6.78. The third-order valence-corrected chi connectivity index (χ3v) is 6.82. The molecule has 3 rings (SSSR count). The number of rotatable bonds is 5. The van der Waals surface area contributed by atoms with Crippen LogP contribution in [0.3, 0.4) is 0 Å². The van der Waals surface area contributed by atoms with Crippen LogP contribution < -0.4 is 10.2 Å². The molecule has 1 aliphatic rings. The monoisotopic (exact) mass is 447 g/mol. The zero-order valence-electron chi connectivity index (χ0n) is 16.2. The number of amides is 1. The lowest BCUT2D eigenvalue weighted by Crippen LogP contribution is -2.51. The molecule has 2 aromatic rings. The van der Waals surface area contributed by atoms with Crippen LogP contribution in [-0.4, -0.2) is 61.9 Å². The van der Waals surface area contributed by atoms with E-state index in [9.17, 15) is 13.2 Å². The van der Waals surface area contributed by atoms with Crippen LogP contribution in [0.4, 0.5) is 10.5 Å². The van der Waals surface area contributed by atoms with Gasteiger partial charge in [0, 0.05) is 42.5 Å². The summed E-state index contributed by atoms with van der Waals surface area (Å²) in [5.41, 5.74) is 1.67. The van der Waals surface area contributed by atoms with E-state index >= 15 is 0 Å². The number of halogens is 1. The van der Waals surface area contributed by atoms with Gasteiger partial charge in [-0.15, -0.1) is 0 Å². The maximum absolute atomic E-state index is 12.9. The number of hydrogen-bond acceptors (Lipinski definition) is 4. The van der Waals surface area contributed by atoms with Gasteiger partial charge in [-0.1, -0.05) is 41.6 Å². The largest absolute Gasteiger partial charge is 0.465 e. The molecule has 1 unspecified atom stereocenters. The summed E-state index contributed by atoms with van der Waals surface area (Å²) in [6.45, 7) is 1.70. The molecule has 0 spiro atoms. The van der Waals surface area contributed by atoms with Gasteiger partial charge in [0.05, 0.1) is 5.75 Å². The fraction of sp³-hybridized carbons (Fsp3) is 0.286. The molecular weight excluding hydrogens is 426 g/mol. The number of benzene rings is 2. The SMILES string of the molecule is O=C(O)NC(C#Cc1ccccc1)CS(=O)(=O)N1CCN(c2ccc(Cl)cc2)CC1. The maximum Gasteiger partial charge on any atom is 0.405 e. The van der Waals surface area contributed by atoms with E-state index in [4.69, 9.17) is 16.7 Å². The Morgan fingerprint density at radius 3 is 2.30 bits per heavy atom. The van der Waals surface area contributed by atoms with Crippen molar-refractivity contribution in [1.29, 1.82) is 0 Å². The Kier molecular flexibility index (Phi) is 7.21. The highest BCUT2D eigenvalue weighted by molar-refractivity contribution is 7.89. The third kappa shape index (κ3) is 6.13. The second kappa shape index (κ2) is 9.85. The molecule has 1 atom stereocenters. The van der Waals surface area contributed by atoms with E-state index in [-0.39, 0.29) is 0 Å². The van der Waals surface area contributed by atoms with Gasteiger partial charge in [-0.2, -0.15) is 4.31 Å². The van der Waals surface area contributed by atoms with Gasteiger partial charge in [-0.05, 0) is 36.4 Å². The number of carbonyl (C=O) groups is 1. The van der Waals surface area contributed by atoms with E-state index in [1.807, 2.05) is 18.2 Å². The van der Waals surface area contributed by atoms with Crippen LogP contribution in [0.2, 0.25) is 5.02 Å². The van der Waals surface area contributed by atoms with Crippen molar-refractivity contribution in [3.05, 3.63) is 65.2 Å². The molecule has 1 amide bonds. The molecule has 1 fully saturated rings. The summed E-state index contributed by atoms with van der Waals surface area (Å²) in [5.74, 6) is 5.15. The minimum absolute atomic E-state index is 0.316. The van der Waals surface area contributed by atoms with Crippen LogP contribution >= 0.6 is 11.6 Å². The van der Waals surface area contributed by atoms with Gasteiger partial charge >= 0.3 is 6.09 Å². The zero-order chi connectivity index (χ0) is 21.6. The average molecular weight is 448 g/mol. The van der Waals surface area contributed by atoms with Crippen molar-refractivity contribution in [1.82, 2.24) is 9.62 Å². The minimum Gasteiger partial charge on any atom is -0.465 e.